The second kappa shape index (κ2) is 5.56. The predicted octanol–water partition coefficient (Wildman–Crippen LogP) is 5.47. The standard InChI is InChI=1S/C17H15Cl2N3/c18-13-7-3-6-12(16(13)19)17-20-14-8-9-22(10-15(14)21-17)11-4-1-2-5-11/h3,6-11H,1-2,4-5H2. The van der Waals surface area contributed by atoms with Crippen molar-refractivity contribution in [2.45, 2.75) is 31.7 Å². The van der Waals surface area contributed by atoms with Crippen LogP contribution in [0.25, 0.3) is 22.8 Å². The number of pyridine rings is 1. The van der Waals surface area contributed by atoms with Crippen LogP contribution in [0.1, 0.15) is 31.7 Å². The predicted molar refractivity (Wildman–Crippen MR) is 89.6 cm³/mol. The number of imidazole rings is 1. The molecule has 2 heterocycles. The van der Waals surface area contributed by atoms with Crippen molar-refractivity contribution >= 4 is 23.2 Å². The van der Waals surface area contributed by atoms with Crippen molar-refractivity contribution in [3.63, 3.8) is 0 Å². The Kier molecular flexibility index (Phi) is 3.55. The minimum Gasteiger partial charge on any atom is -0.349 e. The second-order valence-corrected chi connectivity index (χ2v) is 6.53. The Morgan fingerprint density at radius 1 is 1.00 bits per heavy atom. The van der Waals surface area contributed by atoms with E-state index in [1.165, 1.54) is 25.7 Å². The summed E-state index contributed by atoms with van der Waals surface area (Å²) in [5, 5.41) is 1.03. The summed E-state index contributed by atoms with van der Waals surface area (Å²) in [5.74, 6) is 0.631. The summed E-state index contributed by atoms with van der Waals surface area (Å²) in [6.45, 7) is 0. The average molecular weight is 332 g/mol. The van der Waals surface area contributed by atoms with Crippen LogP contribution in [0.3, 0.4) is 0 Å². The van der Waals surface area contributed by atoms with Crippen LogP contribution in [0.15, 0.2) is 36.7 Å². The number of nitrogens with zero attached hydrogens (tertiary/aromatic N) is 3. The summed E-state index contributed by atoms with van der Waals surface area (Å²) < 4.78 is 2.27. The Labute approximate surface area is 139 Å². The van der Waals surface area contributed by atoms with E-state index >= 15 is 0 Å². The highest BCUT2D eigenvalue weighted by Crippen LogP contribution is 2.35. The molecule has 5 heteroatoms. The van der Waals surface area contributed by atoms with Gasteiger partial charge in [-0.2, -0.15) is 0 Å². The highest BCUT2D eigenvalue weighted by Gasteiger charge is 2.19. The Morgan fingerprint density at radius 3 is 2.59 bits per heavy atom. The van der Waals surface area contributed by atoms with E-state index in [2.05, 4.69) is 26.9 Å². The molecule has 1 aliphatic carbocycles. The third-order valence-corrected chi connectivity index (χ3v) is 5.15. The molecular weight excluding hydrogens is 317 g/mol. The lowest BCUT2D eigenvalue weighted by Gasteiger charge is -2.14. The molecule has 0 spiro atoms. The van der Waals surface area contributed by atoms with Gasteiger partial charge in [0.2, 0.25) is 0 Å². The van der Waals surface area contributed by atoms with Gasteiger partial charge in [-0.1, -0.05) is 42.1 Å². The lowest BCUT2D eigenvalue weighted by Crippen LogP contribution is -2.04. The van der Waals surface area contributed by atoms with Crippen molar-refractivity contribution in [3.8, 4) is 22.8 Å². The van der Waals surface area contributed by atoms with Crippen LogP contribution in [-0.4, -0.2) is 14.5 Å². The van der Waals surface area contributed by atoms with E-state index in [-0.39, 0.29) is 0 Å². The van der Waals surface area contributed by atoms with Gasteiger partial charge >= 0.3 is 0 Å². The van der Waals surface area contributed by atoms with Gasteiger partial charge in [-0.15, -0.1) is 0 Å². The highest BCUT2D eigenvalue weighted by atomic mass is 35.5. The number of halogens is 2. The molecule has 1 fully saturated rings. The highest BCUT2D eigenvalue weighted by molar-refractivity contribution is 6.43. The van der Waals surface area contributed by atoms with Gasteiger partial charge in [-0.25, -0.2) is 9.97 Å². The summed E-state index contributed by atoms with van der Waals surface area (Å²) in [6.07, 6.45) is 9.32. The third-order valence-electron chi connectivity index (χ3n) is 4.33. The molecule has 0 atom stereocenters. The summed E-state index contributed by atoms with van der Waals surface area (Å²) in [5.41, 5.74) is 2.57. The van der Waals surface area contributed by atoms with Gasteiger partial charge in [0.1, 0.15) is 5.69 Å². The van der Waals surface area contributed by atoms with Gasteiger partial charge in [0.15, 0.2) is 5.82 Å². The molecule has 2 aliphatic heterocycles. The average Bonchev–Trinajstić information content (AvgIpc) is 3.17. The fraction of sp³-hybridized carbons (Fsp3) is 0.294. The van der Waals surface area contributed by atoms with Crippen LogP contribution < -0.4 is 0 Å². The smallest absolute Gasteiger partial charge is 0.162 e. The molecule has 3 aliphatic rings. The molecule has 0 unspecified atom stereocenters. The van der Waals surface area contributed by atoms with E-state index in [4.69, 9.17) is 23.2 Å². The SMILES string of the molecule is Clc1cccc(-c2nc3ccn(C4CCCC4)cc-3n2)c1Cl. The third kappa shape index (κ3) is 2.38. The molecule has 112 valence electrons. The van der Waals surface area contributed by atoms with Crippen LogP contribution >= 0.6 is 23.2 Å². The largest absolute Gasteiger partial charge is 0.349 e. The molecule has 0 amide bonds. The lowest BCUT2D eigenvalue weighted by molar-refractivity contribution is 0.516. The molecule has 0 aromatic heterocycles. The molecule has 0 N–H and O–H groups in total. The molecule has 1 saturated carbocycles. The molecule has 0 bridgehead atoms. The first-order valence-electron chi connectivity index (χ1n) is 7.52. The van der Waals surface area contributed by atoms with E-state index in [1.54, 1.807) is 6.07 Å². The molecule has 4 rings (SSSR count). The molecule has 1 aromatic rings. The van der Waals surface area contributed by atoms with Gasteiger partial charge in [0, 0.05) is 24.0 Å². The summed E-state index contributed by atoms with van der Waals surface area (Å²) in [7, 11) is 0. The molecule has 1 aromatic carbocycles. The van der Waals surface area contributed by atoms with E-state index in [0.29, 0.717) is 21.9 Å². The Balaban J connectivity index is 1.77. The van der Waals surface area contributed by atoms with Crippen LogP contribution in [0.5, 0.6) is 0 Å². The second-order valence-electron chi connectivity index (χ2n) is 5.75. The molecule has 0 radical (unpaired) electrons. The van der Waals surface area contributed by atoms with Gasteiger partial charge in [0.05, 0.1) is 15.7 Å². The monoisotopic (exact) mass is 331 g/mol. The van der Waals surface area contributed by atoms with E-state index in [9.17, 15) is 0 Å². The number of benzene rings is 1. The maximum Gasteiger partial charge on any atom is 0.162 e. The van der Waals surface area contributed by atoms with Crippen LogP contribution in [0, 0.1) is 0 Å². The van der Waals surface area contributed by atoms with Crippen molar-refractivity contribution in [2.24, 2.45) is 0 Å². The zero-order valence-corrected chi connectivity index (χ0v) is 13.5. The number of fused-ring (bicyclic) bond motifs is 1. The fourth-order valence-corrected chi connectivity index (χ4v) is 3.54. The van der Waals surface area contributed by atoms with Gasteiger partial charge < -0.3 is 4.57 Å². The Morgan fingerprint density at radius 2 is 1.77 bits per heavy atom. The van der Waals surface area contributed by atoms with Gasteiger partial charge in [0.25, 0.3) is 0 Å². The summed E-state index contributed by atoms with van der Waals surface area (Å²) >= 11 is 12.4. The first-order chi connectivity index (χ1) is 10.7. The summed E-state index contributed by atoms with van der Waals surface area (Å²) in [6, 6.07) is 8.16. The van der Waals surface area contributed by atoms with Gasteiger partial charge in [-0.05, 0) is 31.0 Å². The quantitative estimate of drug-likeness (QED) is 0.623. The van der Waals surface area contributed by atoms with Crippen molar-refractivity contribution < 1.29 is 0 Å². The Hall–Kier alpha value is -1.58. The van der Waals surface area contributed by atoms with Gasteiger partial charge in [-0.3, -0.25) is 0 Å². The van der Waals surface area contributed by atoms with Crippen molar-refractivity contribution in [1.29, 1.82) is 0 Å². The number of hydrogen-bond donors (Lipinski definition) is 0. The van der Waals surface area contributed by atoms with Crippen molar-refractivity contribution in [1.82, 2.24) is 14.5 Å². The first-order valence-corrected chi connectivity index (χ1v) is 8.27. The topological polar surface area (TPSA) is 30.7 Å². The number of hydrogen-bond acceptors (Lipinski definition) is 2. The van der Waals surface area contributed by atoms with Crippen molar-refractivity contribution in [3.05, 3.63) is 46.7 Å². The molecule has 3 nitrogen and oxygen atoms in total. The van der Waals surface area contributed by atoms with Crippen molar-refractivity contribution in [2.75, 3.05) is 0 Å². The maximum atomic E-state index is 6.27. The minimum atomic E-state index is 0.503. The zero-order chi connectivity index (χ0) is 15.1. The molecular formula is C17H15Cl2N3. The zero-order valence-electron chi connectivity index (χ0n) is 12.0. The normalized spacial score (nSPS) is 15.7. The van der Waals surface area contributed by atoms with E-state index in [1.807, 2.05) is 18.2 Å². The number of aromatic nitrogens is 3. The molecule has 0 saturated heterocycles. The first kappa shape index (κ1) is 14.0. The Bertz CT molecular complexity index is 791. The van der Waals surface area contributed by atoms with Crippen LogP contribution in [0.2, 0.25) is 10.0 Å². The number of rotatable bonds is 2. The van der Waals surface area contributed by atoms with E-state index < -0.39 is 0 Å². The lowest BCUT2D eigenvalue weighted by atomic mass is 10.2. The van der Waals surface area contributed by atoms with Crippen LogP contribution in [-0.2, 0) is 0 Å². The fourth-order valence-electron chi connectivity index (χ4n) is 3.15. The van der Waals surface area contributed by atoms with E-state index in [0.717, 1.165) is 17.0 Å². The summed E-state index contributed by atoms with van der Waals surface area (Å²) in [4.78, 5) is 9.23. The maximum absolute atomic E-state index is 6.27. The minimum absolute atomic E-state index is 0.503. The van der Waals surface area contributed by atoms with Crippen LogP contribution in [0.4, 0.5) is 0 Å². The molecule has 22 heavy (non-hydrogen) atoms.